The number of pyridine rings is 3. The molecule has 0 fully saturated rings. The van der Waals surface area contributed by atoms with Crippen LogP contribution >= 0.6 is 0 Å². The third kappa shape index (κ3) is 3.97. The number of aromatic nitrogens is 4. The lowest BCUT2D eigenvalue weighted by molar-refractivity contribution is 1.17. The van der Waals surface area contributed by atoms with E-state index in [4.69, 9.17) is 4.98 Å². The van der Waals surface area contributed by atoms with Gasteiger partial charge in [-0.3, -0.25) is 9.97 Å². The molecule has 0 aliphatic carbocycles. The summed E-state index contributed by atoms with van der Waals surface area (Å²) in [7, 11) is 0. The minimum absolute atomic E-state index is 0.852. The van der Waals surface area contributed by atoms with Gasteiger partial charge in [-0.15, -0.1) is 0 Å². The van der Waals surface area contributed by atoms with E-state index in [1.54, 1.807) is 0 Å². The zero-order chi connectivity index (χ0) is 27.2. The number of fused-ring (bicyclic) bond motifs is 4. The van der Waals surface area contributed by atoms with E-state index in [1.165, 1.54) is 21.7 Å². The average molecular weight is 525 g/mol. The third-order valence-electron chi connectivity index (χ3n) is 7.75. The predicted molar refractivity (Wildman–Crippen MR) is 168 cm³/mol. The first kappa shape index (κ1) is 23.3. The minimum Gasteiger partial charge on any atom is -0.309 e. The van der Waals surface area contributed by atoms with E-state index in [1.807, 2.05) is 36.8 Å². The molecule has 0 unspecified atom stereocenters. The van der Waals surface area contributed by atoms with Crippen LogP contribution in [-0.2, 0) is 0 Å². The van der Waals surface area contributed by atoms with Crippen LogP contribution in [0.25, 0.3) is 72.0 Å². The van der Waals surface area contributed by atoms with Crippen molar-refractivity contribution in [3.63, 3.8) is 0 Å². The van der Waals surface area contributed by atoms with Gasteiger partial charge >= 0.3 is 0 Å². The maximum atomic E-state index is 5.09. The summed E-state index contributed by atoms with van der Waals surface area (Å²) in [6.45, 7) is 0. The zero-order valence-corrected chi connectivity index (χ0v) is 22.1. The normalized spacial score (nSPS) is 11.4. The second kappa shape index (κ2) is 9.54. The van der Waals surface area contributed by atoms with Crippen molar-refractivity contribution in [3.8, 4) is 39.5 Å². The highest BCUT2D eigenvalue weighted by molar-refractivity contribution is 6.08. The van der Waals surface area contributed by atoms with Crippen LogP contribution in [0.1, 0.15) is 0 Å². The number of para-hydroxylation sites is 1. The summed E-state index contributed by atoms with van der Waals surface area (Å²) in [4.78, 5) is 14.1. The molecule has 0 atom stereocenters. The van der Waals surface area contributed by atoms with E-state index in [9.17, 15) is 0 Å². The van der Waals surface area contributed by atoms with E-state index in [0.717, 1.165) is 50.3 Å². The van der Waals surface area contributed by atoms with Gasteiger partial charge in [0.15, 0.2) is 0 Å². The Morgan fingerprint density at radius 3 is 2.12 bits per heavy atom. The van der Waals surface area contributed by atoms with Gasteiger partial charge < -0.3 is 4.57 Å². The molecule has 0 N–H and O–H groups in total. The molecule has 8 aromatic rings. The summed E-state index contributed by atoms with van der Waals surface area (Å²) >= 11 is 0. The molecule has 4 nitrogen and oxygen atoms in total. The Morgan fingerprint density at radius 1 is 0.488 bits per heavy atom. The summed E-state index contributed by atoms with van der Waals surface area (Å²) in [5.74, 6) is 0. The molecule has 4 heterocycles. The van der Waals surface area contributed by atoms with Crippen LogP contribution in [0.4, 0.5) is 0 Å². The van der Waals surface area contributed by atoms with Crippen LogP contribution in [-0.4, -0.2) is 19.5 Å². The van der Waals surface area contributed by atoms with E-state index >= 15 is 0 Å². The fourth-order valence-corrected chi connectivity index (χ4v) is 5.83. The molecule has 0 saturated heterocycles. The van der Waals surface area contributed by atoms with E-state index in [2.05, 4.69) is 124 Å². The van der Waals surface area contributed by atoms with Gasteiger partial charge in [-0.05, 0) is 70.4 Å². The molecule has 41 heavy (non-hydrogen) atoms. The smallest absolute Gasteiger partial charge is 0.0899 e. The highest BCUT2D eigenvalue weighted by Crippen LogP contribution is 2.35. The molecule has 0 spiro atoms. The van der Waals surface area contributed by atoms with Gasteiger partial charge in [-0.25, -0.2) is 4.98 Å². The second-order valence-electron chi connectivity index (χ2n) is 10.2. The fraction of sp³-hybridized carbons (Fsp3) is 0. The maximum absolute atomic E-state index is 5.09. The molecule has 0 bridgehead atoms. The van der Waals surface area contributed by atoms with Crippen LogP contribution in [0.3, 0.4) is 0 Å². The average Bonchev–Trinajstić information content (AvgIpc) is 3.39. The quantitative estimate of drug-likeness (QED) is 0.231. The van der Waals surface area contributed by atoms with Crippen molar-refractivity contribution >= 4 is 32.6 Å². The van der Waals surface area contributed by atoms with Gasteiger partial charge in [0.2, 0.25) is 0 Å². The monoisotopic (exact) mass is 524 g/mol. The Balaban J connectivity index is 1.29. The summed E-state index contributed by atoms with van der Waals surface area (Å²) in [6, 6.07) is 44.5. The summed E-state index contributed by atoms with van der Waals surface area (Å²) < 4.78 is 2.30. The van der Waals surface area contributed by atoms with E-state index in [0.29, 0.717) is 0 Å². The van der Waals surface area contributed by atoms with Crippen molar-refractivity contribution in [1.29, 1.82) is 0 Å². The first-order valence-electron chi connectivity index (χ1n) is 13.7. The molecule has 4 aromatic heterocycles. The first-order chi connectivity index (χ1) is 20.3. The van der Waals surface area contributed by atoms with Crippen molar-refractivity contribution in [2.45, 2.75) is 0 Å². The molecule has 0 amide bonds. The fourth-order valence-electron chi connectivity index (χ4n) is 5.83. The van der Waals surface area contributed by atoms with E-state index < -0.39 is 0 Å². The molecule has 4 aromatic carbocycles. The lowest BCUT2D eigenvalue weighted by Gasteiger charge is -2.13. The van der Waals surface area contributed by atoms with Gasteiger partial charge in [-0.1, -0.05) is 78.9 Å². The van der Waals surface area contributed by atoms with Crippen LogP contribution in [0, 0.1) is 0 Å². The molecule has 0 radical (unpaired) electrons. The van der Waals surface area contributed by atoms with Crippen molar-refractivity contribution < 1.29 is 0 Å². The Bertz CT molecular complexity index is 2140. The van der Waals surface area contributed by atoms with E-state index in [-0.39, 0.29) is 0 Å². The molecule has 4 heteroatoms. The third-order valence-corrected chi connectivity index (χ3v) is 7.75. The Morgan fingerprint density at radius 2 is 1.24 bits per heavy atom. The van der Waals surface area contributed by atoms with Crippen molar-refractivity contribution in [2.75, 3.05) is 0 Å². The van der Waals surface area contributed by atoms with Crippen LogP contribution in [0.5, 0.6) is 0 Å². The van der Waals surface area contributed by atoms with Gasteiger partial charge in [0.05, 0.1) is 28.1 Å². The standard InChI is InChI=1S/C37H24N4/c1-2-10-29-25(8-1)9-7-12-30(29)27-22-34(40-35(23-27)33-13-5-6-20-39-33)26-15-17-28(18-16-26)41-36-14-4-3-11-31(36)32-24-38-21-19-37(32)41/h1-24H. The molecular weight excluding hydrogens is 500 g/mol. The van der Waals surface area contributed by atoms with Gasteiger partial charge in [0.1, 0.15) is 0 Å². The van der Waals surface area contributed by atoms with Crippen LogP contribution < -0.4 is 0 Å². The maximum Gasteiger partial charge on any atom is 0.0899 e. The minimum atomic E-state index is 0.852. The number of hydrogen-bond acceptors (Lipinski definition) is 3. The molecule has 0 aliphatic heterocycles. The SMILES string of the molecule is c1ccc(-c2cc(-c3cccc4ccccc34)cc(-c3ccc(-n4c5ccccc5c5cnccc54)cc3)n2)nc1. The highest BCUT2D eigenvalue weighted by Gasteiger charge is 2.14. The topological polar surface area (TPSA) is 43.6 Å². The number of benzene rings is 4. The van der Waals surface area contributed by atoms with Crippen LogP contribution in [0.2, 0.25) is 0 Å². The highest BCUT2D eigenvalue weighted by atomic mass is 15.0. The number of hydrogen-bond donors (Lipinski definition) is 0. The lowest BCUT2D eigenvalue weighted by atomic mass is 9.96. The predicted octanol–water partition coefficient (Wildman–Crippen LogP) is 9.12. The summed E-state index contributed by atoms with van der Waals surface area (Å²) in [5.41, 5.74) is 9.37. The van der Waals surface area contributed by atoms with Gasteiger partial charge in [-0.2, -0.15) is 0 Å². The van der Waals surface area contributed by atoms with Gasteiger partial charge in [0, 0.05) is 40.6 Å². The first-order valence-corrected chi connectivity index (χ1v) is 13.7. The summed E-state index contributed by atoms with van der Waals surface area (Å²) in [5, 5.41) is 4.78. The number of nitrogens with zero attached hydrogens (tertiary/aromatic N) is 4. The Hall–Kier alpha value is -5.61. The molecule has 0 saturated carbocycles. The van der Waals surface area contributed by atoms with Crippen molar-refractivity contribution in [1.82, 2.24) is 19.5 Å². The molecular formula is C37H24N4. The molecule has 8 rings (SSSR count). The van der Waals surface area contributed by atoms with Gasteiger partial charge in [0.25, 0.3) is 0 Å². The molecule has 192 valence electrons. The van der Waals surface area contributed by atoms with Crippen molar-refractivity contribution in [2.24, 2.45) is 0 Å². The van der Waals surface area contributed by atoms with Crippen LogP contribution in [0.15, 0.2) is 146 Å². The lowest BCUT2D eigenvalue weighted by Crippen LogP contribution is -1.95. The zero-order valence-electron chi connectivity index (χ0n) is 22.1. The Kier molecular flexibility index (Phi) is 5.42. The molecule has 0 aliphatic rings. The number of rotatable bonds is 4. The summed E-state index contributed by atoms with van der Waals surface area (Å²) in [6.07, 6.45) is 5.62. The second-order valence-corrected chi connectivity index (χ2v) is 10.2. The largest absolute Gasteiger partial charge is 0.309 e. The van der Waals surface area contributed by atoms with Crippen molar-refractivity contribution in [3.05, 3.63) is 146 Å². The Labute approximate surface area is 237 Å².